The highest BCUT2D eigenvalue weighted by Crippen LogP contribution is 2.29. The number of hydrogen-bond donors (Lipinski definition) is 1. The molecule has 2 bridgehead atoms. The maximum absolute atomic E-state index is 12.8. The van der Waals surface area contributed by atoms with Crippen molar-refractivity contribution < 1.29 is 9.53 Å². The minimum Gasteiger partial charge on any atom is -0.489 e. The molecule has 1 N–H and O–H groups in total. The summed E-state index contributed by atoms with van der Waals surface area (Å²) in [6, 6.07) is 17.7. The first kappa shape index (κ1) is 19.0. The van der Waals surface area contributed by atoms with Crippen LogP contribution in [0.2, 0.25) is 0 Å². The van der Waals surface area contributed by atoms with Crippen LogP contribution in [0.1, 0.15) is 42.4 Å². The van der Waals surface area contributed by atoms with E-state index >= 15 is 0 Å². The van der Waals surface area contributed by atoms with Gasteiger partial charge in [0.15, 0.2) is 0 Å². The molecule has 2 aliphatic rings. The van der Waals surface area contributed by atoms with E-state index in [1.165, 1.54) is 24.0 Å². The number of piperidine rings is 1. The summed E-state index contributed by atoms with van der Waals surface area (Å²) in [6.07, 6.45) is 5.10. The number of likely N-dealkylation sites (N-methyl/N-ethyl adjacent to an activating group) is 1. The van der Waals surface area contributed by atoms with Crippen molar-refractivity contribution in [3.8, 4) is 5.75 Å². The second kappa shape index (κ2) is 8.36. The number of carbonyl (C=O) groups excluding carboxylic acids is 1. The number of carbonyl (C=O) groups is 1. The Labute approximate surface area is 167 Å². The highest BCUT2D eigenvalue weighted by atomic mass is 16.5. The van der Waals surface area contributed by atoms with Gasteiger partial charge in [0, 0.05) is 25.2 Å². The fourth-order valence-corrected chi connectivity index (χ4v) is 4.52. The molecule has 148 valence electrons. The summed E-state index contributed by atoms with van der Waals surface area (Å²) in [6.45, 7) is 2.64. The molecule has 0 spiro atoms. The first-order chi connectivity index (χ1) is 13.6. The Kier molecular flexibility index (Phi) is 5.67. The number of nitrogens with zero attached hydrogens (tertiary/aromatic N) is 1. The zero-order valence-electron chi connectivity index (χ0n) is 16.9. The SMILES string of the molecule is Cc1ccccc1COc1cccc(CC(=O)N(C)C2CC3CCC(C2)N3)c1. The van der Waals surface area contributed by atoms with Crippen molar-refractivity contribution in [2.45, 2.75) is 63.8 Å². The molecule has 0 radical (unpaired) electrons. The molecule has 2 fully saturated rings. The van der Waals surface area contributed by atoms with Crippen LogP contribution >= 0.6 is 0 Å². The number of benzene rings is 2. The van der Waals surface area contributed by atoms with Crippen LogP contribution in [0.3, 0.4) is 0 Å². The molecule has 2 saturated heterocycles. The van der Waals surface area contributed by atoms with Crippen LogP contribution in [0.4, 0.5) is 0 Å². The van der Waals surface area contributed by atoms with Crippen molar-refractivity contribution in [1.29, 1.82) is 0 Å². The molecule has 2 unspecified atom stereocenters. The van der Waals surface area contributed by atoms with Gasteiger partial charge in [0.05, 0.1) is 6.42 Å². The predicted octanol–water partition coefficient (Wildman–Crippen LogP) is 3.86. The van der Waals surface area contributed by atoms with E-state index < -0.39 is 0 Å². The van der Waals surface area contributed by atoms with Crippen molar-refractivity contribution in [3.63, 3.8) is 0 Å². The van der Waals surface area contributed by atoms with E-state index in [0.29, 0.717) is 31.2 Å². The molecule has 28 heavy (non-hydrogen) atoms. The van der Waals surface area contributed by atoms with Crippen molar-refractivity contribution in [3.05, 3.63) is 65.2 Å². The monoisotopic (exact) mass is 378 g/mol. The van der Waals surface area contributed by atoms with E-state index in [-0.39, 0.29) is 5.91 Å². The van der Waals surface area contributed by atoms with Crippen LogP contribution in [0.15, 0.2) is 48.5 Å². The quantitative estimate of drug-likeness (QED) is 0.830. The molecule has 2 aromatic carbocycles. The maximum Gasteiger partial charge on any atom is 0.226 e. The predicted molar refractivity (Wildman–Crippen MR) is 111 cm³/mol. The topological polar surface area (TPSA) is 41.6 Å². The number of rotatable bonds is 6. The molecular weight excluding hydrogens is 348 g/mol. The van der Waals surface area contributed by atoms with E-state index in [0.717, 1.165) is 24.2 Å². The number of ether oxygens (including phenoxy) is 1. The molecule has 2 atom stereocenters. The molecule has 2 heterocycles. The second-order valence-corrected chi connectivity index (χ2v) is 8.31. The van der Waals surface area contributed by atoms with Crippen LogP contribution in [0, 0.1) is 6.92 Å². The number of hydrogen-bond acceptors (Lipinski definition) is 3. The van der Waals surface area contributed by atoms with Gasteiger partial charge in [-0.1, -0.05) is 36.4 Å². The van der Waals surface area contributed by atoms with Crippen LogP contribution in [-0.4, -0.2) is 36.0 Å². The molecular formula is C24H30N2O2. The first-order valence-electron chi connectivity index (χ1n) is 10.4. The van der Waals surface area contributed by atoms with Gasteiger partial charge >= 0.3 is 0 Å². The third kappa shape index (κ3) is 4.39. The largest absolute Gasteiger partial charge is 0.489 e. The van der Waals surface area contributed by atoms with Gasteiger partial charge in [0.1, 0.15) is 12.4 Å². The molecule has 4 heteroatoms. The highest BCUT2D eigenvalue weighted by molar-refractivity contribution is 5.79. The Morgan fingerprint density at radius 2 is 1.86 bits per heavy atom. The van der Waals surface area contributed by atoms with Gasteiger partial charge < -0.3 is 15.0 Å². The van der Waals surface area contributed by atoms with Crippen molar-refractivity contribution in [2.75, 3.05) is 7.05 Å². The Morgan fingerprint density at radius 3 is 2.61 bits per heavy atom. The average molecular weight is 379 g/mol. The van der Waals surface area contributed by atoms with E-state index in [2.05, 4.69) is 24.4 Å². The van der Waals surface area contributed by atoms with E-state index in [9.17, 15) is 4.79 Å². The van der Waals surface area contributed by atoms with Gasteiger partial charge in [0.25, 0.3) is 0 Å². The Morgan fingerprint density at radius 1 is 1.11 bits per heavy atom. The van der Waals surface area contributed by atoms with Gasteiger partial charge in [0.2, 0.25) is 5.91 Å². The standard InChI is InChI=1S/C24H30N2O2/c1-17-6-3-4-8-19(17)16-28-23-9-5-7-18(12-23)13-24(27)26(2)22-14-20-10-11-21(15-22)25-20/h3-9,12,20-22,25H,10-11,13-16H2,1-2H3. The molecule has 4 nitrogen and oxygen atoms in total. The third-order valence-corrected chi connectivity index (χ3v) is 6.30. The fraction of sp³-hybridized carbons (Fsp3) is 0.458. The fourth-order valence-electron chi connectivity index (χ4n) is 4.52. The van der Waals surface area contributed by atoms with E-state index in [4.69, 9.17) is 4.74 Å². The van der Waals surface area contributed by atoms with Crippen LogP contribution < -0.4 is 10.1 Å². The molecule has 0 saturated carbocycles. The van der Waals surface area contributed by atoms with Crippen LogP contribution in [0.5, 0.6) is 5.75 Å². The summed E-state index contributed by atoms with van der Waals surface area (Å²) < 4.78 is 5.98. The molecule has 2 aliphatic heterocycles. The summed E-state index contributed by atoms with van der Waals surface area (Å²) in [5, 5.41) is 3.65. The lowest BCUT2D eigenvalue weighted by Gasteiger charge is -2.35. The first-order valence-corrected chi connectivity index (χ1v) is 10.4. The zero-order chi connectivity index (χ0) is 19.5. The Balaban J connectivity index is 1.35. The summed E-state index contributed by atoms with van der Waals surface area (Å²) in [7, 11) is 1.97. The third-order valence-electron chi connectivity index (χ3n) is 6.30. The second-order valence-electron chi connectivity index (χ2n) is 8.31. The molecule has 1 amide bonds. The smallest absolute Gasteiger partial charge is 0.226 e. The minimum absolute atomic E-state index is 0.197. The molecule has 4 rings (SSSR count). The van der Waals surface area contributed by atoms with Gasteiger partial charge in [-0.05, 0) is 61.4 Å². The maximum atomic E-state index is 12.8. The summed E-state index contributed by atoms with van der Waals surface area (Å²) in [4.78, 5) is 14.8. The van der Waals surface area contributed by atoms with Gasteiger partial charge in [-0.25, -0.2) is 0 Å². The minimum atomic E-state index is 0.197. The van der Waals surface area contributed by atoms with Crippen LogP contribution in [-0.2, 0) is 17.8 Å². The van der Waals surface area contributed by atoms with E-state index in [1.807, 2.05) is 48.3 Å². The molecule has 0 aromatic heterocycles. The van der Waals surface area contributed by atoms with Crippen LogP contribution in [0.25, 0.3) is 0 Å². The summed E-state index contributed by atoms with van der Waals surface area (Å²) in [5.41, 5.74) is 3.42. The number of nitrogens with one attached hydrogen (secondary N) is 1. The number of fused-ring (bicyclic) bond motifs is 2. The zero-order valence-corrected chi connectivity index (χ0v) is 16.9. The lowest BCUT2D eigenvalue weighted by Crippen LogP contribution is -2.49. The Hall–Kier alpha value is -2.33. The average Bonchev–Trinajstić information content (AvgIpc) is 3.04. The lowest BCUT2D eigenvalue weighted by atomic mass is 9.98. The van der Waals surface area contributed by atoms with E-state index in [1.54, 1.807) is 0 Å². The number of amides is 1. The number of aryl methyl sites for hydroxylation is 1. The van der Waals surface area contributed by atoms with Crippen molar-refractivity contribution in [1.82, 2.24) is 10.2 Å². The lowest BCUT2D eigenvalue weighted by molar-refractivity contribution is -0.131. The van der Waals surface area contributed by atoms with Gasteiger partial charge in [-0.3, -0.25) is 4.79 Å². The normalized spacial score (nSPS) is 23.4. The summed E-state index contributed by atoms with van der Waals surface area (Å²) >= 11 is 0. The highest BCUT2D eigenvalue weighted by Gasteiger charge is 2.36. The molecule has 2 aromatic rings. The van der Waals surface area contributed by atoms with Gasteiger partial charge in [-0.2, -0.15) is 0 Å². The summed E-state index contributed by atoms with van der Waals surface area (Å²) in [5.74, 6) is 1.01. The van der Waals surface area contributed by atoms with Gasteiger partial charge in [-0.15, -0.1) is 0 Å². The Bertz CT molecular complexity index is 823. The van der Waals surface area contributed by atoms with Crippen molar-refractivity contribution >= 4 is 5.91 Å². The molecule has 0 aliphatic carbocycles. The van der Waals surface area contributed by atoms with Crippen molar-refractivity contribution in [2.24, 2.45) is 0 Å².